The number of hydrogen-bond acceptors (Lipinski definition) is 4. The van der Waals surface area contributed by atoms with Gasteiger partial charge in [0.15, 0.2) is 0 Å². The van der Waals surface area contributed by atoms with Crippen LogP contribution in [0.5, 0.6) is 0 Å². The second-order valence-electron chi connectivity index (χ2n) is 5.92. The van der Waals surface area contributed by atoms with Crippen molar-refractivity contribution in [3.63, 3.8) is 0 Å². The van der Waals surface area contributed by atoms with Crippen molar-refractivity contribution >= 4 is 21.9 Å². The Kier molecular flexibility index (Phi) is 5.57. The molecule has 1 fully saturated rings. The van der Waals surface area contributed by atoms with E-state index in [4.69, 9.17) is 14.2 Å². The molecule has 3 rings (SSSR count). The summed E-state index contributed by atoms with van der Waals surface area (Å²) in [7, 11) is 1.39. The van der Waals surface area contributed by atoms with Crippen LogP contribution in [0, 0.1) is 0 Å². The van der Waals surface area contributed by atoms with Gasteiger partial charge in [0.05, 0.1) is 20.3 Å². The molecule has 1 atom stereocenters. The van der Waals surface area contributed by atoms with Gasteiger partial charge < -0.3 is 14.2 Å². The van der Waals surface area contributed by atoms with Crippen molar-refractivity contribution in [2.24, 2.45) is 0 Å². The predicted octanol–water partition coefficient (Wildman–Crippen LogP) is 4.17. The van der Waals surface area contributed by atoms with Crippen LogP contribution in [0.25, 0.3) is 0 Å². The van der Waals surface area contributed by atoms with Gasteiger partial charge in [0.1, 0.15) is 5.92 Å². The van der Waals surface area contributed by atoms with Gasteiger partial charge in [-0.2, -0.15) is 0 Å². The van der Waals surface area contributed by atoms with E-state index in [-0.39, 0.29) is 5.97 Å². The Morgan fingerprint density at radius 3 is 2.24 bits per heavy atom. The minimum absolute atomic E-state index is 0.385. The van der Waals surface area contributed by atoms with Crippen molar-refractivity contribution in [3.8, 4) is 0 Å². The van der Waals surface area contributed by atoms with Crippen LogP contribution in [0.1, 0.15) is 29.5 Å². The summed E-state index contributed by atoms with van der Waals surface area (Å²) in [4.78, 5) is 12.7. The highest BCUT2D eigenvalue weighted by Gasteiger charge is 2.51. The lowest BCUT2D eigenvalue weighted by atomic mass is 9.85. The molecular weight excluding hydrogens is 384 g/mol. The first kappa shape index (κ1) is 18.1. The molecule has 0 saturated carbocycles. The van der Waals surface area contributed by atoms with Crippen LogP contribution in [0.15, 0.2) is 53.0 Å². The number of esters is 1. The first-order chi connectivity index (χ1) is 12.1. The summed E-state index contributed by atoms with van der Waals surface area (Å²) in [6, 6.07) is 15.6. The molecule has 0 amide bonds. The van der Waals surface area contributed by atoms with Gasteiger partial charge in [-0.05, 0) is 29.7 Å². The van der Waals surface area contributed by atoms with Crippen molar-refractivity contribution < 1.29 is 19.0 Å². The molecule has 1 saturated heterocycles. The van der Waals surface area contributed by atoms with E-state index in [1.54, 1.807) is 0 Å². The molecule has 0 N–H and O–H groups in total. The summed E-state index contributed by atoms with van der Waals surface area (Å²) in [5.41, 5.74) is 2.83. The predicted molar refractivity (Wildman–Crippen MR) is 98.3 cm³/mol. The average Bonchev–Trinajstić information content (AvgIpc) is 3.14. The molecule has 1 aliphatic rings. The van der Waals surface area contributed by atoms with Crippen molar-refractivity contribution in [2.75, 3.05) is 20.3 Å². The number of aryl methyl sites for hydroxylation is 1. The van der Waals surface area contributed by atoms with E-state index in [1.807, 2.05) is 48.5 Å². The number of halogens is 1. The van der Waals surface area contributed by atoms with E-state index in [0.29, 0.717) is 13.2 Å². The molecule has 1 heterocycles. The summed E-state index contributed by atoms with van der Waals surface area (Å²) < 4.78 is 18.1. The molecule has 2 aromatic rings. The zero-order chi connectivity index (χ0) is 17.9. The number of hydrogen-bond donors (Lipinski definition) is 0. The summed E-state index contributed by atoms with van der Waals surface area (Å²) in [6.45, 7) is 2.96. The quantitative estimate of drug-likeness (QED) is 0.701. The summed E-state index contributed by atoms with van der Waals surface area (Å²) in [5, 5.41) is 0. The van der Waals surface area contributed by atoms with Gasteiger partial charge in [-0.15, -0.1) is 0 Å². The third-order valence-corrected chi connectivity index (χ3v) is 5.03. The molecule has 1 aliphatic heterocycles. The zero-order valence-electron chi connectivity index (χ0n) is 14.3. The van der Waals surface area contributed by atoms with Crippen LogP contribution in [0.4, 0.5) is 0 Å². The first-order valence-electron chi connectivity index (χ1n) is 8.31. The SMILES string of the molecule is CCc1ccc(C2([C@@H](C(=O)OC)c3ccc(Br)cc3)OCCO2)cc1. The molecule has 0 bridgehead atoms. The highest BCUT2D eigenvalue weighted by Crippen LogP contribution is 2.45. The number of carbonyl (C=O) groups excluding carboxylic acids is 1. The second kappa shape index (κ2) is 7.68. The number of benzene rings is 2. The van der Waals surface area contributed by atoms with E-state index in [0.717, 1.165) is 22.0 Å². The molecular formula is C20H21BrO4. The Labute approximate surface area is 156 Å². The number of ether oxygens (including phenoxy) is 3. The van der Waals surface area contributed by atoms with Crippen LogP contribution in [0.3, 0.4) is 0 Å². The number of carbonyl (C=O) groups is 1. The maximum absolute atomic E-state index is 12.7. The van der Waals surface area contributed by atoms with Gasteiger partial charge in [-0.25, -0.2) is 0 Å². The van der Waals surface area contributed by atoms with Crippen LogP contribution in [-0.4, -0.2) is 26.3 Å². The van der Waals surface area contributed by atoms with E-state index in [9.17, 15) is 4.79 Å². The number of methoxy groups -OCH3 is 1. The zero-order valence-corrected chi connectivity index (χ0v) is 15.9. The van der Waals surface area contributed by atoms with Crippen molar-refractivity contribution in [3.05, 3.63) is 69.7 Å². The molecule has 0 spiro atoms. The summed E-state index contributed by atoms with van der Waals surface area (Å²) in [6.07, 6.45) is 0.947. The van der Waals surface area contributed by atoms with E-state index in [2.05, 4.69) is 22.9 Å². The molecule has 4 nitrogen and oxygen atoms in total. The Balaban J connectivity index is 2.10. The fourth-order valence-electron chi connectivity index (χ4n) is 3.18. The maximum Gasteiger partial charge on any atom is 0.319 e. The van der Waals surface area contributed by atoms with Gasteiger partial charge in [-0.1, -0.05) is 59.3 Å². The third-order valence-electron chi connectivity index (χ3n) is 4.50. The Morgan fingerprint density at radius 1 is 1.12 bits per heavy atom. The van der Waals surface area contributed by atoms with E-state index < -0.39 is 11.7 Å². The largest absolute Gasteiger partial charge is 0.468 e. The van der Waals surface area contributed by atoms with Crippen LogP contribution in [0.2, 0.25) is 0 Å². The average molecular weight is 405 g/mol. The molecule has 2 aromatic carbocycles. The Bertz CT molecular complexity index is 718. The van der Waals surface area contributed by atoms with Crippen LogP contribution >= 0.6 is 15.9 Å². The minimum Gasteiger partial charge on any atom is -0.468 e. The molecule has 132 valence electrons. The van der Waals surface area contributed by atoms with Gasteiger partial charge in [0.2, 0.25) is 5.79 Å². The lowest BCUT2D eigenvalue weighted by Crippen LogP contribution is -2.40. The van der Waals surface area contributed by atoms with Crippen molar-refractivity contribution in [2.45, 2.75) is 25.0 Å². The third kappa shape index (κ3) is 3.50. The minimum atomic E-state index is -1.17. The molecule has 0 aliphatic carbocycles. The monoisotopic (exact) mass is 404 g/mol. The van der Waals surface area contributed by atoms with Gasteiger partial charge in [-0.3, -0.25) is 4.79 Å². The van der Waals surface area contributed by atoms with Gasteiger partial charge >= 0.3 is 5.97 Å². The lowest BCUT2D eigenvalue weighted by Gasteiger charge is -2.34. The number of rotatable bonds is 5. The molecule has 0 unspecified atom stereocenters. The van der Waals surface area contributed by atoms with Crippen LogP contribution in [-0.2, 0) is 31.2 Å². The highest BCUT2D eigenvalue weighted by atomic mass is 79.9. The van der Waals surface area contributed by atoms with Crippen molar-refractivity contribution in [1.29, 1.82) is 0 Å². The standard InChI is InChI=1S/C20H21BrO4/c1-3-14-4-8-16(9-5-14)20(24-12-13-25-20)18(19(22)23-2)15-6-10-17(21)11-7-15/h4-11,18H,3,12-13H2,1-2H3/t18-/m1/s1. The highest BCUT2D eigenvalue weighted by molar-refractivity contribution is 9.10. The van der Waals surface area contributed by atoms with Crippen LogP contribution < -0.4 is 0 Å². The lowest BCUT2D eigenvalue weighted by molar-refractivity contribution is -0.198. The summed E-state index contributed by atoms with van der Waals surface area (Å²) >= 11 is 3.43. The maximum atomic E-state index is 12.7. The summed E-state index contributed by atoms with van der Waals surface area (Å²) in [5.74, 6) is -2.27. The topological polar surface area (TPSA) is 44.8 Å². The Hall–Kier alpha value is -1.69. The van der Waals surface area contributed by atoms with Crippen molar-refractivity contribution in [1.82, 2.24) is 0 Å². The molecule has 0 aromatic heterocycles. The second-order valence-corrected chi connectivity index (χ2v) is 6.84. The molecule has 25 heavy (non-hydrogen) atoms. The first-order valence-corrected chi connectivity index (χ1v) is 9.10. The molecule has 0 radical (unpaired) electrons. The normalized spacial score (nSPS) is 17.2. The van der Waals surface area contributed by atoms with E-state index in [1.165, 1.54) is 12.7 Å². The fourth-order valence-corrected chi connectivity index (χ4v) is 3.45. The van der Waals surface area contributed by atoms with Gasteiger partial charge in [0, 0.05) is 10.0 Å². The fraction of sp³-hybridized carbons (Fsp3) is 0.350. The Morgan fingerprint density at radius 2 is 1.72 bits per heavy atom. The van der Waals surface area contributed by atoms with Gasteiger partial charge in [0.25, 0.3) is 0 Å². The van der Waals surface area contributed by atoms with E-state index >= 15 is 0 Å². The molecule has 5 heteroatoms. The smallest absolute Gasteiger partial charge is 0.319 e.